The van der Waals surface area contributed by atoms with Crippen LogP contribution in [0.25, 0.3) is 0 Å². The monoisotopic (exact) mass is 349 g/mol. The molecule has 3 rings (SSSR count). The topological polar surface area (TPSA) is 30.5 Å². The highest BCUT2D eigenvalue weighted by atomic mass is 35.5. The lowest BCUT2D eigenvalue weighted by atomic mass is 10.2. The summed E-state index contributed by atoms with van der Waals surface area (Å²) >= 11 is 5.99. The van der Waals surface area contributed by atoms with E-state index in [-0.39, 0.29) is 5.82 Å². The van der Waals surface area contributed by atoms with Gasteiger partial charge in [0.05, 0.1) is 11.1 Å². The van der Waals surface area contributed by atoms with Gasteiger partial charge in [-0.15, -0.1) is 0 Å². The molecule has 24 heavy (non-hydrogen) atoms. The Kier molecular flexibility index (Phi) is 6.07. The zero-order chi connectivity index (χ0) is 16.8. The highest BCUT2D eigenvalue weighted by Gasteiger charge is 2.14. The summed E-state index contributed by atoms with van der Waals surface area (Å²) in [5.74, 6) is 0.418. The van der Waals surface area contributed by atoms with Crippen molar-refractivity contribution in [1.29, 1.82) is 0 Å². The lowest BCUT2D eigenvalue weighted by molar-refractivity contribution is 0.110. The van der Waals surface area contributed by atoms with Gasteiger partial charge in [0.25, 0.3) is 0 Å². The SMILES string of the molecule is Fc1ccc(COc2ccc(CNCC3CCCO3)cc2)c(Cl)c1. The average Bonchev–Trinajstić information content (AvgIpc) is 3.09. The van der Waals surface area contributed by atoms with E-state index in [1.807, 2.05) is 24.3 Å². The molecule has 2 aromatic rings. The maximum absolute atomic E-state index is 13.0. The number of benzene rings is 2. The van der Waals surface area contributed by atoms with Gasteiger partial charge in [-0.25, -0.2) is 4.39 Å². The van der Waals surface area contributed by atoms with Gasteiger partial charge in [-0.3, -0.25) is 0 Å². The van der Waals surface area contributed by atoms with Gasteiger partial charge < -0.3 is 14.8 Å². The van der Waals surface area contributed by atoms with Gasteiger partial charge in [0.15, 0.2) is 0 Å². The molecule has 0 amide bonds. The zero-order valence-electron chi connectivity index (χ0n) is 13.4. The van der Waals surface area contributed by atoms with Crippen LogP contribution in [0, 0.1) is 5.82 Å². The highest BCUT2D eigenvalue weighted by molar-refractivity contribution is 6.31. The third-order valence-corrected chi connectivity index (χ3v) is 4.41. The Hall–Kier alpha value is -1.62. The van der Waals surface area contributed by atoms with Crippen molar-refractivity contribution in [1.82, 2.24) is 5.32 Å². The molecule has 2 aromatic carbocycles. The molecule has 1 saturated heterocycles. The molecule has 1 fully saturated rings. The second-order valence-electron chi connectivity index (χ2n) is 5.93. The van der Waals surface area contributed by atoms with Gasteiger partial charge in [-0.2, -0.15) is 0 Å². The van der Waals surface area contributed by atoms with Crippen molar-refractivity contribution in [3.63, 3.8) is 0 Å². The maximum atomic E-state index is 13.0. The summed E-state index contributed by atoms with van der Waals surface area (Å²) in [6.07, 6.45) is 2.66. The normalized spacial score (nSPS) is 17.2. The Labute approximate surface area is 146 Å². The fourth-order valence-corrected chi connectivity index (χ4v) is 2.91. The summed E-state index contributed by atoms with van der Waals surface area (Å²) in [6, 6.07) is 12.2. The Morgan fingerprint density at radius 1 is 1.21 bits per heavy atom. The smallest absolute Gasteiger partial charge is 0.124 e. The third kappa shape index (κ3) is 4.94. The summed E-state index contributed by atoms with van der Waals surface area (Å²) < 4.78 is 24.3. The van der Waals surface area contributed by atoms with Gasteiger partial charge in [-0.05, 0) is 42.7 Å². The molecule has 3 nitrogen and oxygen atoms in total. The molecule has 1 N–H and O–H groups in total. The molecule has 0 aromatic heterocycles. The summed E-state index contributed by atoms with van der Waals surface area (Å²) in [5, 5.41) is 3.79. The number of halogens is 2. The van der Waals surface area contributed by atoms with Gasteiger partial charge in [0, 0.05) is 25.3 Å². The van der Waals surface area contributed by atoms with Gasteiger partial charge in [0.1, 0.15) is 18.2 Å². The fraction of sp³-hybridized carbons (Fsp3) is 0.368. The summed E-state index contributed by atoms with van der Waals surface area (Å²) in [7, 11) is 0. The Morgan fingerprint density at radius 2 is 2.04 bits per heavy atom. The first-order valence-electron chi connectivity index (χ1n) is 8.19. The van der Waals surface area contributed by atoms with E-state index in [0.29, 0.717) is 17.7 Å². The molecule has 128 valence electrons. The Bertz CT molecular complexity index is 657. The first-order chi connectivity index (χ1) is 11.7. The van der Waals surface area contributed by atoms with Crippen LogP contribution in [0.4, 0.5) is 4.39 Å². The number of hydrogen-bond donors (Lipinski definition) is 1. The third-order valence-electron chi connectivity index (χ3n) is 4.06. The van der Waals surface area contributed by atoms with Crippen LogP contribution in [0.2, 0.25) is 5.02 Å². The van der Waals surface area contributed by atoms with Crippen LogP contribution in [0.5, 0.6) is 5.75 Å². The molecule has 0 aliphatic carbocycles. The molecule has 0 saturated carbocycles. The van der Waals surface area contributed by atoms with Crippen molar-refractivity contribution in [2.45, 2.75) is 32.1 Å². The van der Waals surface area contributed by atoms with Crippen LogP contribution in [-0.4, -0.2) is 19.3 Å². The van der Waals surface area contributed by atoms with E-state index < -0.39 is 0 Å². The van der Waals surface area contributed by atoms with Crippen molar-refractivity contribution in [3.8, 4) is 5.75 Å². The molecular weight excluding hydrogens is 329 g/mol. The minimum atomic E-state index is -0.344. The van der Waals surface area contributed by atoms with Gasteiger partial charge >= 0.3 is 0 Å². The average molecular weight is 350 g/mol. The number of rotatable bonds is 7. The molecule has 1 unspecified atom stereocenters. The van der Waals surface area contributed by atoms with Crippen molar-refractivity contribution in [2.75, 3.05) is 13.2 Å². The summed E-state index contributed by atoms with van der Waals surface area (Å²) in [6.45, 7) is 2.90. The fourth-order valence-electron chi connectivity index (χ4n) is 2.69. The zero-order valence-corrected chi connectivity index (χ0v) is 14.2. The first kappa shape index (κ1) is 17.2. The van der Waals surface area contributed by atoms with Gasteiger partial charge in [-0.1, -0.05) is 29.8 Å². The van der Waals surface area contributed by atoms with Crippen LogP contribution in [-0.2, 0) is 17.9 Å². The Balaban J connectivity index is 1.45. The lowest BCUT2D eigenvalue weighted by Crippen LogP contribution is -2.25. The van der Waals surface area contributed by atoms with E-state index in [4.69, 9.17) is 21.1 Å². The maximum Gasteiger partial charge on any atom is 0.124 e. The predicted octanol–water partition coefficient (Wildman–Crippen LogP) is 4.33. The van der Waals surface area contributed by atoms with Gasteiger partial charge in [0.2, 0.25) is 0 Å². The molecule has 0 bridgehead atoms. The second-order valence-corrected chi connectivity index (χ2v) is 6.34. The van der Waals surface area contributed by atoms with Crippen LogP contribution < -0.4 is 10.1 Å². The van der Waals surface area contributed by atoms with Crippen molar-refractivity contribution < 1.29 is 13.9 Å². The molecule has 0 radical (unpaired) electrons. The Morgan fingerprint density at radius 3 is 2.75 bits per heavy atom. The molecule has 1 heterocycles. The van der Waals surface area contributed by atoms with Crippen LogP contribution in [0.1, 0.15) is 24.0 Å². The van der Waals surface area contributed by atoms with Crippen molar-refractivity contribution >= 4 is 11.6 Å². The number of ether oxygens (including phenoxy) is 2. The number of nitrogens with one attached hydrogen (secondary N) is 1. The van der Waals surface area contributed by atoms with Crippen LogP contribution >= 0.6 is 11.6 Å². The van der Waals surface area contributed by atoms with E-state index in [2.05, 4.69) is 5.32 Å². The molecular formula is C19H21ClFNO2. The van der Waals surface area contributed by atoms with E-state index in [0.717, 1.165) is 43.9 Å². The quantitative estimate of drug-likeness (QED) is 0.807. The first-order valence-corrected chi connectivity index (χ1v) is 8.56. The molecule has 1 aliphatic heterocycles. The summed E-state index contributed by atoms with van der Waals surface area (Å²) in [5.41, 5.74) is 1.96. The largest absolute Gasteiger partial charge is 0.489 e. The summed E-state index contributed by atoms with van der Waals surface area (Å²) in [4.78, 5) is 0. The van der Waals surface area contributed by atoms with E-state index in [1.54, 1.807) is 6.07 Å². The van der Waals surface area contributed by atoms with E-state index >= 15 is 0 Å². The molecule has 5 heteroatoms. The predicted molar refractivity (Wildman–Crippen MR) is 92.9 cm³/mol. The van der Waals surface area contributed by atoms with Crippen LogP contribution in [0.3, 0.4) is 0 Å². The molecule has 0 spiro atoms. The number of hydrogen-bond acceptors (Lipinski definition) is 3. The minimum Gasteiger partial charge on any atom is -0.489 e. The highest BCUT2D eigenvalue weighted by Crippen LogP contribution is 2.20. The molecule has 1 atom stereocenters. The lowest BCUT2D eigenvalue weighted by Gasteiger charge is -2.11. The minimum absolute atomic E-state index is 0.315. The standard InChI is InChI=1S/C19H21ClFNO2/c20-19-10-16(21)6-5-15(19)13-24-17-7-3-14(4-8-17)11-22-12-18-2-1-9-23-18/h3-8,10,18,22H,1-2,9,11-13H2. The van der Waals surface area contributed by atoms with E-state index in [1.165, 1.54) is 17.7 Å². The van der Waals surface area contributed by atoms with Crippen molar-refractivity contribution in [2.24, 2.45) is 0 Å². The second kappa shape index (κ2) is 8.47. The van der Waals surface area contributed by atoms with Crippen molar-refractivity contribution in [3.05, 3.63) is 64.4 Å². The molecule has 1 aliphatic rings. The van der Waals surface area contributed by atoms with E-state index in [9.17, 15) is 4.39 Å². The van der Waals surface area contributed by atoms with Crippen LogP contribution in [0.15, 0.2) is 42.5 Å².